The zero-order valence-electron chi connectivity index (χ0n) is 17.1. The van der Waals surface area contributed by atoms with Gasteiger partial charge in [-0.2, -0.15) is 4.31 Å². The highest BCUT2D eigenvalue weighted by Gasteiger charge is 2.26. The van der Waals surface area contributed by atoms with Crippen LogP contribution in [0.1, 0.15) is 33.6 Å². The number of benzene rings is 2. The zero-order chi connectivity index (χ0) is 21.8. The Morgan fingerprint density at radius 2 is 1.39 bits per heavy atom. The Hall–Kier alpha value is -2.75. The fourth-order valence-corrected chi connectivity index (χ4v) is 5.12. The second-order valence-corrected chi connectivity index (χ2v) is 9.51. The molecule has 2 fully saturated rings. The fourth-order valence-electron chi connectivity index (χ4n) is 3.72. The molecule has 2 aromatic rings. The number of hydrogen-bond acceptors (Lipinski definition) is 5. The van der Waals surface area contributed by atoms with Crippen LogP contribution in [-0.4, -0.2) is 68.8 Å². The molecule has 2 aromatic carbocycles. The van der Waals surface area contributed by atoms with Gasteiger partial charge < -0.3 is 15.0 Å². The first-order valence-corrected chi connectivity index (χ1v) is 11.8. The molecule has 2 heterocycles. The van der Waals surface area contributed by atoms with Gasteiger partial charge in [0.1, 0.15) is 0 Å². The predicted octanol–water partition coefficient (Wildman–Crippen LogP) is 2.20. The minimum absolute atomic E-state index is 0.00689. The van der Waals surface area contributed by atoms with E-state index in [2.05, 4.69) is 5.32 Å². The third-order valence-electron chi connectivity index (χ3n) is 5.51. The van der Waals surface area contributed by atoms with Crippen molar-refractivity contribution in [2.24, 2.45) is 0 Å². The van der Waals surface area contributed by atoms with E-state index < -0.39 is 10.0 Å². The highest BCUT2D eigenvalue weighted by molar-refractivity contribution is 7.89. The van der Waals surface area contributed by atoms with Crippen molar-refractivity contribution in [1.82, 2.24) is 9.21 Å². The number of carbonyl (C=O) groups excluding carboxylic acids is 2. The number of morpholine rings is 1. The minimum Gasteiger partial charge on any atom is -0.379 e. The van der Waals surface area contributed by atoms with Crippen molar-refractivity contribution >= 4 is 27.5 Å². The average Bonchev–Trinajstić information content (AvgIpc) is 3.35. The molecule has 8 nitrogen and oxygen atoms in total. The molecule has 0 radical (unpaired) electrons. The first-order chi connectivity index (χ1) is 14.9. The van der Waals surface area contributed by atoms with Crippen LogP contribution in [0.25, 0.3) is 0 Å². The van der Waals surface area contributed by atoms with Gasteiger partial charge in [-0.25, -0.2) is 8.42 Å². The van der Waals surface area contributed by atoms with Crippen LogP contribution in [0.3, 0.4) is 0 Å². The maximum atomic E-state index is 12.7. The summed E-state index contributed by atoms with van der Waals surface area (Å²) in [5.41, 5.74) is 1.50. The Morgan fingerprint density at radius 3 is 2.00 bits per heavy atom. The number of likely N-dealkylation sites (tertiary alicyclic amines) is 1. The molecule has 0 aromatic heterocycles. The predicted molar refractivity (Wildman–Crippen MR) is 116 cm³/mol. The van der Waals surface area contributed by atoms with E-state index in [4.69, 9.17) is 4.74 Å². The molecule has 0 spiro atoms. The summed E-state index contributed by atoms with van der Waals surface area (Å²) in [6.45, 7) is 2.97. The molecule has 2 aliphatic rings. The highest BCUT2D eigenvalue weighted by atomic mass is 32.2. The van der Waals surface area contributed by atoms with Gasteiger partial charge in [0.2, 0.25) is 10.0 Å². The molecule has 9 heteroatoms. The number of sulfonamides is 1. The zero-order valence-corrected chi connectivity index (χ0v) is 17.9. The van der Waals surface area contributed by atoms with E-state index in [0.717, 1.165) is 25.9 Å². The number of nitrogens with zero attached hydrogens (tertiary/aromatic N) is 2. The first-order valence-electron chi connectivity index (χ1n) is 10.3. The summed E-state index contributed by atoms with van der Waals surface area (Å²) in [5, 5.41) is 2.78. The van der Waals surface area contributed by atoms with E-state index in [1.165, 1.54) is 28.6 Å². The SMILES string of the molecule is O=C(Nc1ccc(C(=O)N2CCCC2)cc1)c1ccc(S(=O)(=O)N2CCOCC2)cc1. The lowest BCUT2D eigenvalue weighted by atomic mass is 10.1. The lowest BCUT2D eigenvalue weighted by Crippen LogP contribution is -2.40. The summed E-state index contributed by atoms with van der Waals surface area (Å²) < 4.78 is 32.0. The summed E-state index contributed by atoms with van der Waals surface area (Å²) >= 11 is 0. The van der Waals surface area contributed by atoms with Gasteiger partial charge in [-0.1, -0.05) is 0 Å². The van der Waals surface area contributed by atoms with Crippen LogP contribution in [0.15, 0.2) is 53.4 Å². The maximum absolute atomic E-state index is 12.7. The van der Waals surface area contributed by atoms with Gasteiger partial charge in [0.15, 0.2) is 0 Å². The van der Waals surface area contributed by atoms with Gasteiger partial charge in [-0.15, -0.1) is 0 Å². The van der Waals surface area contributed by atoms with Crippen LogP contribution in [0.4, 0.5) is 5.69 Å². The average molecular weight is 444 g/mol. The molecule has 0 unspecified atom stereocenters. The molecule has 2 saturated heterocycles. The lowest BCUT2D eigenvalue weighted by molar-refractivity contribution is 0.0730. The number of nitrogens with one attached hydrogen (secondary N) is 1. The van der Waals surface area contributed by atoms with Crippen molar-refractivity contribution in [3.63, 3.8) is 0 Å². The summed E-state index contributed by atoms with van der Waals surface area (Å²) in [4.78, 5) is 26.9. The molecule has 4 rings (SSSR count). The van der Waals surface area contributed by atoms with Crippen molar-refractivity contribution in [3.8, 4) is 0 Å². The molecule has 0 aliphatic carbocycles. The van der Waals surface area contributed by atoms with Crippen LogP contribution in [-0.2, 0) is 14.8 Å². The van der Waals surface area contributed by atoms with E-state index in [1.807, 2.05) is 4.90 Å². The molecule has 0 saturated carbocycles. The molecular weight excluding hydrogens is 418 g/mol. The second-order valence-electron chi connectivity index (χ2n) is 7.57. The van der Waals surface area contributed by atoms with Crippen molar-refractivity contribution in [2.45, 2.75) is 17.7 Å². The van der Waals surface area contributed by atoms with Gasteiger partial charge in [-0.05, 0) is 61.4 Å². The quantitative estimate of drug-likeness (QED) is 0.764. The lowest BCUT2D eigenvalue weighted by Gasteiger charge is -2.26. The standard InChI is InChI=1S/C22H25N3O5S/c26-21(23-19-7-3-18(4-8-19)22(27)24-11-1-2-12-24)17-5-9-20(10-6-17)31(28,29)25-13-15-30-16-14-25/h3-10H,1-2,11-16H2,(H,23,26). The van der Waals surface area contributed by atoms with Crippen LogP contribution >= 0.6 is 0 Å². The number of carbonyl (C=O) groups is 2. The summed E-state index contributed by atoms with van der Waals surface area (Å²) in [7, 11) is -3.60. The number of hydrogen-bond donors (Lipinski definition) is 1. The summed E-state index contributed by atoms with van der Waals surface area (Å²) in [6, 6.07) is 12.7. The van der Waals surface area contributed by atoms with Gasteiger partial charge in [0.25, 0.3) is 11.8 Å². The maximum Gasteiger partial charge on any atom is 0.255 e. The van der Waals surface area contributed by atoms with E-state index >= 15 is 0 Å². The van der Waals surface area contributed by atoms with Crippen molar-refractivity contribution < 1.29 is 22.7 Å². The number of anilines is 1. The fraction of sp³-hybridized carbons (Fsp3) is 0.364. The normalized spacial score (nSPS) is 17.5. The van der Waals surface area contributed by atoms with E-state index in [1.54, 1.807) is 24.3 Å². The van der Waals surface area contributed by atoms with Gasteiger partial charge in [0, 0.05) is 43.0 Å². The molecule has 2 amide bonds. The smallest absolute Gasteiger partial charge is 0.255 e. The van der Waals surface area contributed by atoms with Gasteiger partial charge in [0.05, 0.1) is 18.1 Å². The van der Waals surface area contributed by atoms with Gasteiger partial charge >= 0.3 is 0 Å². The number of rotatable bonds is 5. The van der Waals surface area contributed by atoms with E-state index in [-0.39, 0.29) is 16.7 Å². The summed E-state index contributed by atoms with van der Waals surface area (Å²) in [5.74, 6) is -0.346. The Morgan fingerprint density at radius 1 is 0.806 bits per heavy atom. The monoisotopic (exact) mass is 443 g/mol. The van der Waals surface area contributed by atoms with Crippen molar-refractivity contribution in [1.29, 1.82) is 0 Å². The summed E-state index contributed by atoms with van der Waals surface area (Å²) in [6.07, 6.45) is 2.07. The Kier molecular flexibility index (Phi) is 6.35. The van der Waals surface area contributed by atoms with E-state index in [9.17, 15) is 18.0 Å². The molecule has 164 valence electrons. The molecule has 0 bridgehead atoms. The third-order valence-corrected chi connectivity index (χ3v) is 7.42. The van der Waals surface area contributed by atoms with Crippen LogP contribution in [0, 0.1) is 0 Å². The Balaban J connectivity index is 1.40. The highest BCUT2D eigenvalue weighted by Crippen LogP contribution is 2.19. The molecule has 31 heavy (non-hydrogen) atoms. The van der Waals surface area contributed by atoms with Crippen molar-refractivity contribution in [2.75, 3.05) is 44.7 Å². The molecule has 2 aliphatic heterocycles. The van der Waals surface area contributed by atoms with Crippen LogP contribution < -0.4 is 5.32 Å². The van der Waals surface area contributed by atoms with Gasteiger partial charge in [-0.3, -0.25) is 9.59 Å². The largest absolute Gasteiger partial charge is 0.379 e. The topological polar surface area (TPSA) is 96.0 Å². The van der Waals surface area contributed by atoms with Crippen molar-refractivity contribution in [3.05, 3.63) is 59.7 Å². The third kappa shape index (κ3) is 4.79. The van der Waals surface area contributed by atoms with E-state index in [0.29, 0.717) is 43.1 Å². The van der Waals surface area contributed by atoms with Crippen LogP contribution in [0.5, 0.6) is 0 Å². The number of amides is 2. The minimum atomic E-state index is -3.60. The second kappa shape index (κ2) is 9.17. The molecule has 1 N–H and O–H groups in total. The molecule has 0 atom stereocenters. The Labute approximate surface area is 181 Å². The number of ether oxygens (including phenoxy) is 1. The first kappa shape index (κ1) is 21.5. The van der Waals surface area contributed by atoms with Crippen LogP contribution in [0.2, 0.25) is 0 Å². The molecular formula is C22H25N3O5S. The Bertz CT molecular complexity index is 1040.